The molecule has 0 heterocycles. The van der Waals surface area contributed by atoms with Crippen molar-refractivity contribution < 1.29 is 4.39 Å². The lowest BCUT2D eigenvalue weighted by atomic mass is 9.91. The molecule has 19 heavy (non-hydrogen) atoms. The Balaban J connectivity index is 2.05. The van der Waals surface area contributed by atoms with Crippen molar-refractivity contribution in [1.29, 1.82) is 0 Å². The number of nitrogens with one attached hydrogen (secondary N) is 1. The summed E-state index contributed by atoms with van der Waals surface area (Å²) >= 11 is 6.17. The van der Waals surface area contributed by atoms with Crippen molar-refractivity contribution in [3.63, 3.8) is 0 Å². The number of benzene rings is 1. The Labute approximate surface area is 120 Å². The summed E-state index contributed by atoms with van der Waals surface area (Å²) in [5.41, 5.74) is 0.918. The molecule has 0 radical (unpaired) electrons. The number of halogens is 2. The second kappa shape index (κ2) is 6.71. The maximum atomic E-state index is 13.3. The predicted molar refractivity (Wildman–Crippen MR) is 79.1 cm³/mol. The molecular weight excluding hydrogens is 261 g/mol. The Hall–Kier alpha value is -0.600. The second-order valence-electron chi connectivity index (χ2n) is 5.68. The minimum atomic E-state index is -0.202. The topological polar surface area (TPSA) is 12.0 Å². The molecule has 1 aromatic carbocycles. The number of likely N-dealkylation sites (N-methyl/N-ethyl adjacent to an activating group) is 1. The van der Waals surface area contributed by atoms with Gasteiger partial charge in [-0.05, 0) is 61.9 Å². The van der Waals surface area contributed by atoms with E-state index in [0.717, 1.165) is 17.9 Å². The number of hydrogen-bond acceptors (Lipinski definition) is 1. The molecule has 1 saturated carbocycles. The van der Waals surface area contributed by atoms with Gasteiger partial charge in [0.25, 0.3) is 0 Å². The lowest BCUT2D eigenvalue weighted by Crippen LogP contribution is -2.34. The molecule has 3 atom stereocenters. The van der Waals surface area contributed by atoms with Crippen LogP contribution in [0.1, 0.15) is 38.2 Å². The third kappa shape index (κ3) is 3.70. The van der Waals surface area contributed by atoms with E-state index in [0.29, 0.717) is 17.0 Å². The predicted octanol–water partition coefficient (Wildman–Crippen LogP) is 4.44. The van der Waals surface area contributed by atoms with E-state index in [1.54, 1.807) is 12.1 Å². The maximum absolute atomic E-state index is 13.3. The van der Waals surface area contributed by atoms with Crippen molar-refractivity contribution in [2.24, 2.45) is 11.8 Å². The van der Waals surface area contributed by atoms with Crippen LogP contribution in [-0.4, -0.2) is 13.1 Å². The van der Waals surface area contributed by atoms with Gasteiger partial charge in [-0.3, -0.25) is 0 Å². The van der Waals surface area contributed by atoms with Gasteiger partial charge in [0, 0.05) is 11.1 Å². The van der Waals surface area contributed by atoms with Crippen LogP contribution in [0, 0.1) is 17.7 Å². The molecule has 1 aliphatic carbocycles. The zero-order valence-electron chi connectivity index (χ0n) is 11.8. The fraction of sp³-hybridized carbons (Fsp3) is 0.625. The summed E-state index contributed by atoms with van der Waals surface area (Å²) < 4.78 is 13.3. The third-order valence-corrected chi connectivity index (χ3v) is 4.92. The smallest absolute Gasteiger partial charge is 0.123 e. The van der Waals surface area contributed by atoms with E-state index in [9.17, 15) is 4.39 Å². The van der Waals surface area contributed by atoms with Gasteiger partial charge < -0.3 is 5.32 Å². The minimum Gasteiger partial charge on any atom is -0.316 e. The molecule has 0 bridgehead atoms. The van der Waals surface area contributed by atoms with E-state index in [2.05, 4.69) is 12.2 Å². The second-order valence-corrected chi connectivity index (χ2v) is 6.09. The van der Waals surface area contributed by atoms with Crippen LogP contribution >= 0.6 is 11.6 Å². The molecule has 1 aliphatic rings. The first-order valence-electron chi connectivity index (χ1n) is 7.25. The quantitative estimate of drug-likeness (QED) is 0.843. The van der Waals surface area contributed by atoms with E-state index < -0.39 is 0 Å². The Morgan fingerprint density at radius 1 is 1.42 bits per heavy atom. The fourth-order valence-electron chi connectivity index (χ4n) is 3.29. The summed E-state index contributed by atoms with van der Waals surface area (Å²) in [7, 11) is 2.00. The normalized spacial score (nSPS) is 24.6. The maximum Gasteiger partial charge on any atom is 0.123 e. The molecule has 0 spiro atoms. The fourth-order valence-corrected chi connectivity index (χ4v) is 3.49. The average molecular weight is 284 g/mol. The summed E-state index contributed by atoms with van der Waals surface area (Å²) in [6.07, 6.45) is 5.98. The van der Waals surface area contributed by atoms with Crippen molar-refractivity contribution in [3.05, 3.63) is 34.6 Å². The van der Waals surface area contributed by atoms with Gasteiger partial charge >= 0.3 is 0 Å². The Bertz CT molecular complexity index is 421. The molecule has 1 fully saturated rings. The third-order valence-electron chi connectivity index (χ3n) is 4.55. The zero-order valence-corrected chi connectivity index (χ0v) is 12.5. The summed E-state index contributed by atoms with van der Waals surface area (Å²) in [6.45, 7) is 2.27. The van der Waals surface area contributed by atoms with Crippen molar-refractivity contribution in [2.45, 2.75) is 45.1 Å². The standard InChI is InChI=1S/C16H23ClFN/c1-3-11-4-5-12(8-11)16(19-2)10-13-9-14(18)6-7-15(13)17/h6-7,9,11-12,16,19H,3-5,8,10H2,1-2H3. The van der Waals surface area contributed by atoms with E-state index in [1.807, 2.05) is 7.05 Å². The van der Waals surface area contributed by atoms with Crippen LogP contribution in [0.5, 0.6) is 0 Å². The lowest BCUT2D eigenvalue weighted by Gasteiger charge is -2.24. The van der Waals surface area contributed by atoms with Gasteiger partial charge in [0.1, 0.15) is 5.82 Å². The van der Waals surface area contributed by atoms with E-state index in [1.165, 1.54) is 31.7 Å². The van der Waals surface area contributed by atoms with Crippen molar-refractivity contribution in [2.75, 3.05) is 7.05 Å². The number of rotatable bonds is 5. The van der Waals surface area contributed by atoms with Crippen LogP contribution in [-0.2, 0) is 6.42 Å². The molecule has 0 aliphatic heterocycles. The monoisotopic (exact) mass is 283 g/mol. The Morgan fingerprint density at radius 2 is 2.21 bits per heavy atom. The minimum absolute atomic E-state index is 0.202. The highest BCUT2D eigenvalue weighted by Gasteiger charge is 2.29. The van der Waals surface area contributed by atoms with Gasteiger partial charge in [0.2, 0.25) is 0 Å². The molecular formula is C16H23ClFN. The van der Waals surface area contributed by atoms with Gasteiger partial charge in [-0.2, -0.15) is 0 Å². The molecule has 106 valence electrons. The van der Waals surface area contributed by atoms with Crippen LogP contribution in [0.3, 0.4) is 0 Å². The number of hydrogen-bond donors (Lipinski definition) is 1. The summed E-state index contributed by atoms with van der Waals surface area (Å²) in [5.74, 6) is 1.35. The molecule has 3 unspecified atom stereocenters. The van der Waals surface area contributed by atoms with Crippen LogP contribution in [0.4, 0.5) is 4.39 Å². The van der Waals surface area contributed by atoms with Crippen molar-refractivity contribution >= 4 is 11.6 Å². The molecule has 3 heteroatoms. The van der Waals surface area contributed by atoms with Gasteiger partial charge in [0.15, 0.2) is 0 Å². The largest absolute Gasteiger partial charge is 0.316 e. The molecule has 1 nitrogen and oxygen atoms in total. The molecule has 1 aromatic rings. The van der Waals surface area contributed by atoms with Gasteiger partial charge in [0.05, 0.1) is 0 Å². The van der Waals surface area contributed by atoms with Crippen LogP contribution in [0.2, 0.25) is 5.02 Å². The van der Waals surface area contributed by atoms with Crippen LogP contribution < -0.4 is 5.32 Å². The van der Waals surface area contributed by atoms with E-state index in [-0.39, 0.29) is 5.82 Å². The van der Waals surface area contributed by atoms with E-state index in [4.69, 9.17) is 11.6 Å². The van der Waals surface area contributed by atoms with Crippen LogP contribution in [0.25, 0.3) is 0 Å². The highest BCUT2D eigenvalue weighted by atomic mass is 35.5. The molecule has 2 rings (SSSR count). The van der Waals surface area contributed by atoms with Gasteiger partial charge in [-0.1, -0.05) is 31.4 Å². The first kappa shape index (κ1) is 14.8. The molecule has 0 saturated heterocycles. The Morgan fingerprint density at radius 3 is 2.84 bits per heavy atom. The van der Waals surface area contributed by atoms with Crippen LogP contribution in [0.15, 0.2) is 18.2 Å². The average Bonchev–Trinajstić information content (AvgIpc) is 2.88. The summed E-state index contributed by atoms with van der Waals surface area (Å²) in [6, 6.07) is 5.04. The molecule has 0 amide bonds. The first-order valence-corrected chi connectivity index (χ1v) is 7.63. The van der Waals surface area contributed by atoms with Crippen molar-refractivity contribution in [1.82, 2.24) is 5.32 Å². The highest BCUT2D eigenvalue weighted by molar-refractivity contribution is 6.31. The van der Waals surface area contributed by atoms with Crippen molar-refractivity contribution in [3.8, 4) is 0 Å². The van der Waals surface area contributed by atoms with Gasteiger partial charge in [-0.15, -0.1) is 0 Å². The highest BCUT2D eigenvalue weighted by Crippen LogP contribution is 2.36. The zero-order chi connectivity index (χ0) is 13.8. The summed E-state index contributed by atoms with van der Waals surface area (Å²) in [5, 5.41) is 4.08. The van der Waals surface area contributed by atoms with Gasteiger partial charge in [-0.25, -0.2) is 4.39 Å². The molecule has 1 N–H and O–H groups in total. The first-order chi connectivity index (χ1) is 9.13. The summed E-state index contributed by atoms with van der Waals surface area (Å²) in [4.78, 5) is 0. The Kier molecular flexibility index (Phi) is 5.23. The SMILES string of the molecule is CCC1CCC(C(Cc2cc(F)ccc2Cl)NC)C1. The molecule has 0 aromatic heterocycles. The lowest BCUT2D eigenvalue weighted by molar-refractivity contribution is 0.361. The van der Waals surface area contributed by atoms with E-state index >= 15 is 0 Å².